The first-order valence-corrected chi connectivity index (χ1v) is 10.7. The highest BCUT2D eigenvalue weighted by Gasteiger charge is 2.12. The molecule has 0 saturated carbocycles. The molecule has 28 heavy (non-hydrogen) atoms. The summed E-state index contributed by atoms with van der Waals surface area (Å²) in [6.45, 7) is 0.360. The second kappa shape index (κ2) is 11.5. The van der Waals surface area contributed by atoms with E-state index in [0.717, 1.165) is 3.39 Å². The van der Waals surface area contributed by atoms with Gasteiger partial charge in [0.1, 0.15) is 25.6 Å². The van der Waals surface area contributed by atoms with Crippen molar-refractivity contribution < 1.29 is 19.0 Å². The normalized spacial score (nSPS) is 10.4. The Morgan fingerprint density at radius 1 is 0.893 bits per heavy atom. The lowest BCUT2D eigenvalue weighted by Gasteiger charge is -2.12. The van der Waals surface area contributed by atoms with E-state index >= 15 is 0 Å². The van der Waals surface area contributed by atoms with Crippen LogP contribution in [0, 0.1) is 0 Å². The van der Waals surface area contributed by atoms with Crippen molar-refractivity contribution in [2.45, 2.75) is 0 Å². The van der Waals surface area contributed by atoms with Gasteiger partial charge in [-0.3, -0.25) is 0 Å². The summed E-state index contributed by atoms with van der Waals surface area (Å²) in [4.78, 5) is 12.0. The van der Waals surface area contributed by atoms with Crippen molar-refractivity contribution in [1.29, 1.82) is 0 Å². The SMILES string of the molecule is O=C(OCCOc1c(Cl)cc(OCC=C(Br)Br)cc1Cl)c1cc(Cl)cc(Cl)c1. The Labute approximate surface area is 198 Å². The summed E-state index contributed by atoms with van der Waals surface area (Å²) in [5, 5.41) is 1.24. The van der Waals surface area contributed by atoms with Crippen molar-refractivity contribution in [1.82, 2.24) is 0 Å². The summed E-state index contributed by atoms with van der Waals surface area (Å²) in [7, 11) is 0. The average molecular weight is 594 g/mol. The molecule has 0 aliphatic heterocycles. The smallest absolute Gasteiger partial charge is 0.338 e. The highest BCUT2D eigenvalue weighted by atomic mass is 79.9. The fourth-order valence-electron chi connectivity index (χ4n) is 1.99. The van der Waals surface area contributed by atoms with Gasteiger partial charge in [-0.25, -0.2) is 4.79 Å². The van der Waals surface area contributed by atoms with Crippen molar-refractivity contribution in [2.24, 2.45) is 0 Å². The number of benzene rings is 2. The first-order valence-electron chi connectivity index (χ1n) is 7.65. The Morgan fingerprint density at radius 2 is 1.50 bits per heavy atom. The van der Waals surface area contributed by atoms with Crippen LogP contribution in [-0.2, 0) is 4.74 Å². The number of esters is 1. The standard InChI is InChI=1S/C18H12Br2Cl4O4/c19-16(20)1-2-26-13-8-14(23)17(15(24)9-13)27-3-4-28-18(25)10-5-11(21)7-12(22)6-10/h1,5-9H,2-4H2. The second-order valence-electron chi connectivity index (χ2n) is 5.16. The van der Waals surface area contributed by atoms with E-state index in [1.807, 2.05) is 0 Å². The van der Waals surface area contributed by atoms with Crippen molar-refractivity contribution in [3.63, 3.8) is 0 Å². The van der Waals surface area contributed by atoms with Crippen LogP contribution in [0.3, 0.4) is 0 Å². The number of ether oxygens (including phenoxy) is 3. The summed E-state index contributed by atoms with van der Waals surface area (Å²) in [6, 6.07) is 7.62. The Hall–Kier alpha value is -0.630. The van der Waals surface area contributed by atoms with E-state index in [2.05, 4.69) is 31.9 Å². The zero-order valence-electron chi connectivity index (χ0n) is 14.0. The monoisotopic (exact) mass is 590 g/mol. The van der Waals surface area contributed by atoms with E-state index in [0.29, 0.717) is 22.4 Å². The third-order valence-corrected chi connectivity index (χ3v) is 4.77. The summed E-state index contributed by atoms with van der Waals surface area (Å²) in [5.41, 5.74) is 0.249. The molecule has 0 aliphatic rings. The van der Waals surface area contributed by atoms with Crippen molar-refractivity contribution >= 4 is 84.2 Å². The maximum absolute atomic E-state index is 12.0. The Kier molecular flexibility index (Phi) is 9.74. The molecule has 0 radical (unpaired) electrons. The van der Waals surface area contributed by atoms with Crippen LogP contribution in [0.15, 0.2) is 39.8 Å². The Balaban J connectivity index is 1.88. The van der Waals surface area contributed by atoms with Crippen molar-refractivity contribution in [3.05, 3.63) is 65.5 Å². The van der Waals surface area contributed by atoms with Crippen molar-refractivity contribution in [2.75, 3.05) is 19.8 Å². The van der Waals surface area contributed by atoms with Crippen LogP contribution in [0.5, 0.6) is 11.5 Å². The molecule has 0 heterocycles. The van der Waals surface area contributed by atoms with Crippen LogP contribution in [0.25, 0.3) is 0 Å². The maximum Gasteiger partial charge on any atom is 0.338 e. The van der Waals surface area contributed by atoms with E-state index in [4.69, 9.17) is 60.6 Å². The minimum absolute atomic E-state index is 0.0159. The van der Waals surface area contributed by atoms with Gasteiger partial charge >= 0.3 is 5.97 Å². The molecule has 2 rings (SSSR count). The molecule has 2 aromatic carbocycles. The molecule has 0 N–H and O–H groups in total. The molecular weight excluding hydrogens is 582 g/mol. The van der Waals surface area contributed by atoms with Gasteiger partial charge in [-0.2, -0.15) is 0 Å². The third-order valence-electron chi connectivity index (χ3n) is 3.12. The highest BCUT2D eigenvalue weighted by Crippen LogP contribution is 2.37. The number of halogens is 6. The molecule has 0 aromatic heterocycles. The molecule has 4 nitrogen and oxygen atoms in total. The Bertz CT molecular complexity index is 843. The van der Waals surface area contributed by atoms with Crippen LogP contribution >= 0.6 is 78.3 Å². The minimum Gasteiger partial charge on any atom is -0.489 e. The summed E-state index contributed by atoms with van der Waals surface area (Å²) in [5.74, 6) is 0.193. The first kappa shape index (κ1) is 23.6. The summed E-state index contributed by atoms with van der Waals surface area (Å²) < 4.78 is 16.9. The van der Waals surface area contributed by atoms with Gasteiger partial charge < -0.3 is 14.2 Å². The summed E-state index contributed by atoms with van der Waals surface area (Å²) >= 11 is 30.6. The van der Waals surface area contributed by atoms with Crippen LogP contribution in [0.1, 0.15) is 10.4 Å². The molecule has 0 unspecified atom stereocenters. The lowest BCUT2D eigenvalue weighted by Crippen LogP contribution is -2.12. The molecular formula is C18H12Br2Cl4O4. The topological polar surface area (TPSA) is 44.8 Å². The molecule has 150 valence electrons. The number of hydrogen-bond acceptors (Lipinski definition) is 4. The van der Waals surface area contributed by atoms with Gasteiger partial charge in [0, 0.05) is 22.2 Å². The largest absolute Gasteiger partial charge is 0.489 e. The van der Waals surface area contributed by atoms with E-state index in [-0.39, 0.29) is 34.6 Å². The molecule has 0 amide bonds. The van der Waals surface area contributed by atoms with E-state index in [9.17, 15) is 4.79 Å². The number of carbonyl (C=O) groups is 1. The lowest BCUT2D eigenvalue weighted by molar-refractivity contribution is 0.0450. The lowest BCUT2D eigenvalue weighted by atomic mass is 10.2. The molecule has 0 fully saturated rings. The number of hydrogen-bond donors (Lipinski definition) is 0. The summed E-state index contributed by atoms with van der Waals surface area (Å²) in [6.07, 6.45) is 1.77. The van der Waals surface area contributed by atoms with Gasteiger partial charge in [0.2, 0.25) is 0 Å². The van der Waals surface area contributed by atoms with Gasteiger partial charge in [-0.05, 0) is 56.1 Å². The molecule has 0 aliphatic carbocycles. The fourth-order valence-corrected chi connectivity index (χ4v) is 3.36. The van der Waals surface area contributed by atoms with Gasteiger partial charge in [0.25, 0.3) is 0 Å². The first-order chi connectivity index (χ1) is 13.3. The Morgan fingerprint density at radius 3 is 2.07 bits per heavy atom. The van der Waals surface area contributed by atoms with Gasteiger partial charge in [-0.1, -0.05) is 46.4 Å². The third kappa shape index (κ3) is 7.65. The zero-order valence-corrected chi connectivity index (χ0v) is 20.2. The highest BCUT2D eigenvalue weighted by molar-refractivity contribution is 9.28. The molecule has 2 aromatic rings. The second-order valence-corrected chi connectivity index (χ2v) is 9.62. The van der Waals surface area contributed by atoms with Gasteiger partial charge in [0.15, 0.2) is 5.75 Å². The van der Waals surface area contributed by atoms with Crippen molar-refractivity contribution in [3.8, 4) is 11.5 Å². The molecule has 0 bridgehead atoms. The van der Waals surface area contributed by atoms with Crippen LogP contribution in [0.2, 0.25) is 20.1 Å². The van der Waals surface area contributed by atoms with E-state index in [1.165, 1.54) is 18.2 Å². The number of rotatable bonds is 8. The van der Waals surface area contributed by atoms with Crippen LogP contribution < -0.4 is 9.47 Å². The molecule has 0 atom stereocenters. The average Bonchev–Trinajstić information content (AvgIpc) is 2.59. The number of carbonyl (C=O) groups excluding carboxylic acids is 1. The van der Waals surface area contributed by atoms with E-state index in [1.54, 1.807) is 18.2 Å². The quantitative estimate of drug-likeness (QED) is 0.234. The molecule has 0 saturated heterocycles. The minimum atomic E-state index is -0.569. The molecule has 10 heteroatoms. The molecule has 0 spiro atoms. The van der Waals surface area contributed by atoms with Crippen LogP contribution in [0.4, 0.5) is 0 Å². The predicted octanol–water partition coefficient (Wildman–Crippen LogP) is 7.55. The zero-order chi connectivity index (χ0) is 20.7. The predicted molar refractivity (Wildman–Crippen MR) is 120 cm³/mol. The van der Waals surface area contributed by atoms with E-state index < -0.39 is 5.97 Å². The fraction of sp³-hybridized carbons (Fsp3) is 0.167. The van der Waals surface area contributed by atoms with Crippen LogP contribution in [-0.4, -0.2) is 25.8 Å². The maximum atomic E-state index is 12.0. The van der Waals surface area contributed by atoms with Gasteiger partial charge in [-0.15, -0.1) is 0 Å². The van der Waals surface area contributed by atoms with Gasteiger partial charge in [0.05, 0.1) is 19.0 Å².